The Balaban J connectivity index is 2.04. The maximum absolute atomic E-state index is 6.45. The van der Waals surface area contributed by atoms with Crippen molar-refractivity contribution in [1.29, 1.82) is 0 Å². The lowest BCUT2D eigenvalue weighted by Crippen LogP contribution is -2.62. The smallest absolute Gasteiger partial charge is 0.107 e. The van der Waals surface area contributed by atoms with Gasteiger partial charge in [0.1, 0.15) is 6.61 Å². The molecular weight excluding hydrogens is 262 g/mol. The molecule has 0 aromatic heterocycles. The zero-order valence-corrected chi connectivity index (χ0v) is 14.2. The van der Waals surface area contributed by atoms with Gasteiger partial charge in [-0.25, -0.2) is 0 Å². The summed E-state index contributed by atoms with van der Waals surface area (Å²) < 4.78 is 5.82. The van der Waals surface area contributed by atoms with Crippen LogP contribution in [0.1, 0.15) is 72.6 Å². The molecule has 0 spiro atoms. The molecular formula is C18H31NO2. The van der Waals surface area contributed by atoms with E-state index in [1.807, 2.05) is 0 Å². The van der Waals surface area contributed by atoms with Crippen LogP contribution in [-0.4, -0.2) is 35.0 Å². The molecule has 120 valence electrons. The van der Waals surface area contributed by atoms with Crippen LogP contribution in [0.4, 0.5) is 0 Å². The predicted molar refractivity (Wildman–Crippen MR) is 85.8 cm³/mol. The van der Waals surface area contributed by atoms with E-state index in [-0.39, 0.29) is 17.2 Å². The van der Waals surface area contributed by atoms with Gasteiger partial charge in [0.25, 0.3) is 0 Å². The van der Waals surface area contributed by atoms with E-state index in [0.717, 1.165) is 12.8 Å². The van der Waals surface area contributed by atoms with Crippen molar-refractivity contribution in [2.75, 3.05) is 6.61 Å². The van der Waals surface area contributed by atoms with Crippen molar-refractivity contribution in [2.45, 2.75) is 95.9 Å². The molecule has 1 aliphatic heterocycles. The van der Waals surface area contributed by atoms with Gasteiger partial charge in [0.15, 0.2) is 0 Å². The molecule has 0 unspecified atom stereocenters. The van der Waals surface area contributed by atoms with E-state index < -0.39 is 0 Å². The van der Waals surface area contributed by atoms with E-state index in [1.54, 1.807) is 0 Å². The van der Waals surface area contributed by atoms with Crippen molar-refractivity contribution in [1.82, 2.24) is 5.06 Å². The quantitative estimate of drug-likeness (QED) is 0.733. The van der Waals surface area contributed by atoms with Crippen molar-refractivity contribution in [3.63, 3.8) is 0 Å². The maximum Gasteiger partial charge on any atom is 0.107 e. The van der Waals surface area contributed by atoms with Crippen LogP contribution in [0.15, 0.2) is 0 Å². The van der Waals surface area contributed by atoms with Crippen molar-refractivity contribution >= 4 is 0 Å². The summed E-state index contributed by atoms with van der Waals surface area (Å²) in [6, 6.07) is 0. The maximum atomic E-state index is 6.45. The molecule has 0 radical (unpaired) electrons. The minimum Gasteiger partial charge on any atom is -0.365 e. The number of hydrogen-bond acceptors (Lipinski definition) is 3. The van der Waals surface area contributed by atoms with Gasteiger partial charge in [-0.1, -0.05) is 25.2 Å². The highest BCUT2D eigenvalue weighted by Gasteiger charge is 2.47. The van der Waals surface area contributed by atoms with E-state index in [1.165, 1.54) is 32.1 Å². The van der Waals surface area contributed by atoms with Gasteiger partial charge in [0, 0.05) is 11.1 Å². The summed E-state index contributed by atoms with van der Waals surface area (Å²) in [4.78, 5) is 6.45. The zero-order chi connectivity index (χ0) is 15.5. The fourth-order valence-corrected chi connectivity index (χ4v) is 4.06. The van der Waals surface area contributed by atoms with Gasteiger partial charge in [0.2, 0.25) is 0 Å². The van der Waals surface area contributed by atoms with Gasteiger partial charge < -0.3 is 4.74 Å². The Hall–Kier alpha value is -0.560. The summed E-state index contributed by atoms with van der Waals surface area (Å²) in [6.45, 7) is 9.41. The SMILES string of the molecule is C#CCOC1CC(C)(C)N(OC2CCCCC2)C(C)(C)C1. The van der Waals surface area contributed by atoms with Crippen LogP contribution in [0, 0.1) is 12.3 Å². The first-order valence-electron chi connectivity index (χ1n) is 8.37. The average molecular weight is 293 g/mol. The van der Waals surface area contributed by atoms with E-state index in [9.17, 15) is 0 Å². The molecule has 0 amide bonds. The largest absolute Gasteiger partial charge is 0.365 e. The van der Waals surface area contributed by atoms with Gasteiger partial charge in [-0.05, 0) is 53.4 Å². The van der Waals surface area contributed by atoms with Crippen molar-refractivity contribution < 1.29 is 9.57 Å². The molecule has 1 heterocycles. The van der Waals surface area contributed by atoms with Gasteiger partial charge >= 0.3 is 0 Å². The van der Waals surface area contributed by atoms with Gasteiger partial charge in [-0.2, -0.15) is 5.06 Å². The van der Waals surface area contributed by atoms with Gasteiger partial charge in [-0.3, -0.25) is 4.84 Å². The summed E-state index contributed by atoms with van der Waals surface area (Å²) >= 11 is 0. The lowest BCUT2D eigenvalue weighted by atomic mass is 9.80. The normalized spacial score (nSPS) is 27.4. The van der Waals surface area contributed by atoms with Crippen molar-refractivity contribution in [3.8, 4) is 12.3 Å². The molecule has 2 aliphatic rings. The minimum atomic E-state index is -0.0293. The van der Waals surface area contributed by atoms with E-state index in [0.29, 0.717) is 12.7 Å². The van der Waals surface area contributed by atoms with Gasteiger partial charge in [0.05, 0.1) is 12.2 Å². The highest BCUT2D eigenvalue weighted by Crippen LogP contribution is 2.41. The summed E-state index contributed by atoms with van der Waals surface area (Å²) in [5, 5.41) is 2.26. The molecule has 0 N–H and O–H groups in total. The number of hydroxylamine groups is 2. The standard InChI is InChI=1S/C18H31NO2/c1-6-12-20-16-13-17(2,3)19(18(4,5)14-16)21-15-10-8-7-9-11-15/h1,15-16H,7-14H2,2-5H3. The monoisotopic (exact) mass is 293 g/mol. The highest BCUT2D eigenvalue weighted by molar-refractivity contribution is 4.98. The molecule has 2 rings (SSSR count). The molecule has 1 aliphatic carbocycles. The third-order valence-electron chi connectivity index (χ3n) is 4.76. The van der Waals surface area contributed by atoms with E-state index in [4.69, 9.17) is 16.0 Å². The number of rotatable bonds is 4. The third kappa shape index (κ3) is 4.22. The second-order valence-electron chi connectivity index (χ2n) is 7.83. The fourth-order valence-electron chi connectivity index (χ4n) is 4.06. The van der Waals surface area contributed by atoms with Crippen LogP contribution in [-0.2, 0) is 9.57 Å². The van der Waals surface area contributed by atoms with Gasteiger partial charge in [-0.15, -0.1) is 6.42 Å². The number of ether oxygens (including phenoxy) is 1. The Morgan fingerprint density at radius 3 is 2.10 bits per heavy atom. The van der Waals surface area contributed by atoms with Crippen molar-refractivity contribution in [3.05, 3.63) is 0 Å². The number of terminal acetylenes is 1. The molecule has 3 heteroatoms. The summed E-state index contributed by atoms with van der Waals surface area (Å²) in [7, 11) is 0. The average Bonchev–Trinajstić information content (AvgIpc) is 2.41. The fraction of sp³-hybridized carbons (Fsp3) is 0.889. The Morgan fingerprint density at radius 2 is 1.57 bits per heavy atom. The molecule has 0 aromatic carbocycles. The van der Waals surface area contributed by atoms with E-state index >= 15 is 0 Å². The predicted octanol–water partition coefficient (Wildman–Crippen LogP) is 3.92. The number of hydrogen-bond donors (Lipinski definition) is 0. The summed E-state index contributed by atoms with van der Waals surface area (Å²) in [5.41, 5.74) is -0.0586. The zero-order valence-electron chi connectivity index (χ0n) is 14.2. The molecule has 1 saturated heterocycles. The molecule has 0 bridgehead atoms. The van der Waals surface area contributed by atoms with Crippen LogP contribution in [0.3, 0.4) is 0 Å². The van der Waals surface area contributed by atoms with Crippen LogP contribution in [0.5, 0.6) is 0 Å². The number of piperidine rings is 1. The summed E-state index contributed by atoms with van der Waals surface area (Å²) in [6.07, 6.45) is 14.2. The molecule has 0 aromatic rings. The molecule has 2 fully saturated rings. The second-order valence-corrected chi connectivity index (χ2v) is 7.83. The molecule has 1 saturated carbocycles. The topological polar surface area (TPSA) is 21.7 Å². The highest BCUT2D eigenvalue weighted by atomic mass is 16.7. The van der Waals surface area contributed by atoms with Crippen molar-refractivity contribution in [2.24, 2.45) is 0 Å². The molecule has 0 atom stereocenters. The summed E-state index contributed by atoms with van der Waals surface area (Å²) in [5.74, 6) is 2.58. The lowest BCUT2D eigenvalue weighted by molar-refractivity contribution is -0.319. The number of nitrogens with zero attached hydrogens (tertiary/aromatic N) is 1. The first kappa shape index (κ1) is 16.8. The first-order valence-corrected chi connectivity index (χ1v) is 8.37. The van der Waals surface area contributed by atoms with E-state index in [2.05, 4.69) is 38.7 Å². The van der Waals surface area contributed by atoms with Crippen LogP contribution >= 0.6 is 0 Å². The third-order valence-corrected chi connectivity index (χ3v) is 4.76. The minimum absolute atomic E-state index is 0.0293. The Morgan fingerprint density at radius 1 is 1.00 bits per heavy atom. The van der Waals surface area contributed by atoms with Crippen LogP contribution in [0.25, 0.3) is 0 Å². The Labute approximate surface area is 130 Å². The lowest BCUT2D eigenvalue weighted by Gasteiger charge is -2.54. The Bertz CT molecular complexity index is 359. The molecule has 21 heavy (non-hydrogen) atoms. The molecule has 3 nitrogen and oxygen atoms in total. The van der Waals surface area contributed by atoms with Crippen LogP contribution < -0.4 is 0 Å². The first-order chi connectivity index (χ1) is 9.85. The second kappa shape index (κ2) is 6.69. The Kier molecular flexibility index (Phi) is 5.35. The van der Waals surface area contributed by atoms with Crippen LogP contribution in [0.2, 0.25) is 0 Å².